The van der Waals surface area contributed by atoms with E-state index in [1.54, 1.807) is 18.3 Å². The van der Waals surface area contributed by atoms with Gasteiger partial charge < -0.3 is 15.4 Å². The van der Waals surface area contributed by atoms with E-state index in [9.17, 15) is 13.2 Å². The molecular formula is C17H17F3N6O. The van der Waals surface area contributed by atoms with Crippen LogP contribution >= 0.6 is 0 Å². The molecule has 2 N–H and O–H groups in total. The van der Waals surface area contributed by atoms with Crippen molar-refractivity contribution in [3.8, 4) is 17.0 Å². The van der Waals surface area contributed by atoms with Crippen LogP contribution in [-0.4, -0.2) is 57.9 Å². The number of halogens is 3. The van der Waals surface area contributed by atoms with Gasteiger partial charge in [0.1, 0.15) is 18.6 Å². The van der Waals surface area contributed by atoms with E-state index in [2.05, 4.69) is 25.7 Å². The van der Waals surface area contributed by atoms with E-state index in [4.69, 9.17) is 4.74 Å². The first-order valence-electron chi connectivity index (χ1n) is 8.43. The van der Waals surface area contributed by atoms with Gasteiger partial charge in [0.15, 0.2) is 11.4 Å². The largest absolute Gasteiger partial charge is 0.484 e. The fraction of sp³-hybridized carbons (Fsp3) is 0.353. The summed E-state index contributed by atoms with van der Waals surface area (Å²) < 4.78 is 44.7. The Morgan fingerprint density at radius 2 is 2.19 bits per heavy atom. The van der Waals surface area contributed by atoms with E-state index >= 15 is 0 Å². The van der Waals surface area contributed by atoms with Gasteiger partial charge in [0, 0.05) is 13.1 Å². The highest BCUT2D eigenvalue weighted by molar-refractivity contribution is 5.75. The van der Waals surface area contributed by atoms with Crippen molar-refractivity contribution in [3.05, 3.63) is 36.8 Å². The summed E-state index contributed by atoms with van der Waals surface area (Å²) >= 11 is 0. The van der Waals surface area contributed by atoms with Gasteiger partial charge in [0.05, 0.1) is 35.9 Å². The van der Waals surface area contributed by atoms with Crippen molar-refractivity contribution in [2.24, 2.45) is 0 Å². The number of ether oxygens (including phenoxy) is 1. The lowest BCUT2D eigenvalue weighted by Gasteiger charge is -2.15. The molecule has 1 fully saturated rings. The van der Waals surface area contributed by atoms with E-state index < -0.39 is 19.2 Å². The molecule has 2 atom stereocenters. The number of nitrogens with zero attached hydrogens (tertiary/aromatic N) is 4. The van der Waals surface area contributed by atoms with Gasteiger partial charge in [-0.1, -0.05) is 6.07 Å². The molecule has 0 spiro atoms. The number of pyridine rings is 1. The van der Waals surface area contributed by atoms with E-state index in [1.165, 1.54) is 16.9 Å². The van der Waals surface area contributed by atoms with Crippen LogP contribution in [0.5, 0.6) is 5.75 Å². The molecular weight excluding hydrogens is 361 g/mol. The van der Waals surface area contributed by atoms with E-state index in [1.807, 2.05) is 6.07 Å². The van der Waals surface area contributed by atoms with Crippen molar-refractivity contribution >= 4 is 11.5 Å². The molecule has 3 aromatic rings. The van der Waals surface area contributed by atoms with Gasteiger partial charge in [0.25, 0.3) is 6.43 Å². The first kappa shape index (κ1) is 17.5. The molecule has 0 saturated carbocycles. The minimum absolute atomic E-state index is 0.198. The smallest absolute Gasteiger partial charge is 0.272 e. The SMILES string of the molecule is FC(F)COc1cnc2c(-c3cccc(NC4CNCC4F)n3)cnn2c1. The van der Waals surface area contributed by atoms with Crippen molar-refractivity contribution in [3.63, 3.8) is 0 Å². The quantitative estimate of drug-likeness (QED) is 0.685. The number of anilines is 1. The van der Waals surface area contributed by atoms with Crippen LogP contribution in [-0.2, 0) is 0 Å². The molecule has 7 nitrogen and oxygen atoms in total. The number of hydrogen-bond acceptors (Lipinski definition) is 6. The lowest BCUT2D eigenvalue weighted by atomic mass is 10.2. The molecule has 1 saturated heterocycles. The molecule has 4 heterocycles. The maximum atomic E-state index is 13.8. The van der Waals surface area contributed by atoms with E-state index in [0.29, 0.717) is 35.8 Å². The van der Waals surface area contributed by atoms with E-state index in [-0.39, 0.29) is 11.8 Å². The zero-order valence-corrected chi connectivity index (χ0v) is 14.1. The number of rotatable bonds is 6. The van der Waals surface area contributed by atoms with Gasteiger partial charge in [-0.15, -0.1) is 0 Å². The molecule has 0 bridgehead atoms. The first-order chi connectivity index (χ1) is 13.1. The molecule has 3 aromatic heterocycles. The third kappa shape index (κ3) is 3.80. The normalized spacial score (nSPS) is 19.7. The number of aromatic nitrogens is 4. The van der Waals surface area contributed by atoms with Gasteiger partial charge in [-0.3, -0.25) is 0 Å². The lowest BCUT2D eigenvalue weighted by molar-refractivity contribution is 0.0814. The first-order valence-corrected chi connectivity index (χ1v) is 8.43. The summed E-state index contributed by atoms with van der Waals surface area (Å²) in [6.07, 6.45) is 0.894. The Balaban J connectivity index is 1.57. The summed E-state index contributed by atoms with van der Waals surface area (Å²) in [5, 5.41) is 10.3. The van der Waals surface area contributed by atoms with Crippen LogP contribution in [0.25, 0.3) is 16.9 Å². The molecule has 1 aliphatic heterocycles. The Morgan fingerprint density at radius 1 is 1.30 bits per heavy atom. The van der Waals surface area contributed by atoms with Crippen LogP contribution in [0.1, 0.15) is 0 Å². The molecule has 10 heteroatoms. The summed E-state index contributed by atoms with van der Waals surface area (Å²) in [5.41, 5.74) is 1.79. The summed E-state index contributed by atoms with van der Waals surface area (Å²) in [5.74, 6) is 0.753. The highest BCUT2D eigenvalue weighted by Gasteiger charge is 2.26. The number of nitrogens with one attached hydrogen (secondary N) is 2. The Labute approximate surface area is 152 Å². The average Bonchev–Trinajstić information content (AvgIpc) is 3.26. The molecule has 0 amide bonds. The summed E-state index contributed by atoms with van der Waals surface area (Å²) in [7, 11) is 0. The second kappa shape index (κ2) is 7.39. The minimum Gasteiger partial charge on any atom is -0.484 e. The third-order valence-electron chi connectivity index (χ3n) is 4.21. The third-order valence-corrected chi connectivity index (χ3v) is 4.21. The molecule has 0 radical (unpaired) electrons. The maximum Gasteiger partial charge on any atom is 0.272 e. The van der Waals surface area contributed by atoms with Gasteiger partial charge in [-0.05, 0) is 12.1 Å². The Kier molecular flexibility index (Phi) is 4.80. The molecule has 1 aliphatic rings. The van der Waals surface area contributed by atoms with Gasteiger partial charge in [-0.25, -0.2) is 27.7 Å². The Bertz CT molecular complexity index is 934. The standard InChI is InChI=1S/C17H17F3N6O/c18-12-6-21-7-14(12)25-16-3-1-2-13(24-16)11-5-23-26-8-10(4-22-17(11)26)27-9-15(19)20/h1-5,8,12,14-15,21H,6-7,9H2,(H,24,25). The molecule has 0 aromatic carbocycles. The Hall–Kier alpha value is -2.88. The van der Waals surface area contributed by atoms with Crippen LogP contribution < -0.4 is 15.4 Å². The van der Waals surface area contributed by atoms with Gasteiger partial charge in [-0.2, -0.15) is 5.10 Å². The molecule has 2 unspecified atom stereocenters. The van der Waals surface area contributed by atoms with Crippen molar-refractivity contribution in [2.75, 3.05) is 25.0 Å². The average molecular weight is 378 g/mol. The van der Waals surface area contributed by atoms with Crippen molar-refractivity contribution < 1.29 is 17.9 Å². The van der Waals surface area contributed by atoms with Crippen LogP contribution in [0.3, 0.4) is 0 Å². The lowest BCUT2D eigenvalue weighted by Crippen LogP contribution is -2.29. The maximum absolute atomic E-state index is 13.8. The summed E-state index contributed by atoms with van der Waals surface area (Å²) in [6.45, 7) is 0.153. The second-order valence-corrected chi connectivity index (χ2v) is 6.15. The zero-order chi connectivity index (χ0) is 18.8. The minimum atomic E-state index is -2.56. The van der Waals surface area contributed by atoms with Crippen molar-refractivity contribution in [2.45, 2.75) is 18.6 Å². The van der Waals surface area contributed by atoms with Gasteiger partial charge >= 0.3 is 0 Å². The summed E-state index contributed by atoms with van der Waals surface area (Å²) in [4.78, 5) is 8.76. The fourth-order valence-corrected chi connectivity index (χ4v) is 2.92. The second-order valence-electron chi connectivity index (χ2n) is 6.15. The molecule has 142 valence electrons. The highest BCUT2D eigenvalue weighted by atomic mass is 19.3. The number of hydrogen-bond donors (Lipinski definition) is 2. The Morgan fingerprint density at radius 3 is 2.96 bits per heavy atom. The summed E-state index contributed by atoms with van der Waals surface area (Å²) in [6, 6.07) is 5.04. The monoisotopic (exact) mass is 378 g/mol. The predicted molar refractivity (Wildman–Crippen MR) is 92.9 cm³/mol. The van der Waals surface area contributed by atoms with Crippen molar-refractivity contribution in [1.82, 2.24) is 24.9 Å². The van der Waals surface area contributed by atoms with E-state index in [0.717, 1.165) is 0 Å². The van der Waals surface area contributed by atoms with Crippen LogP contribution in [0.4, 0.5) is 19.0 Å². The zero-order valence-electron chi connectivity index (χ0n) is 14.1. The fourth-order valence-electron chi connectivity index (χ4n) is 2.92. The molecule has 0 aliphatic carbocycles. The topological polar surface area (TPSA) is 76.4 Å². The highest BCUT2D eigenvalue weighted by Crippen LogP contribution is 2.24. The number of alkyl halides is 3. The van der Waals surface area contributed by atoms with Gasteiger partial charge in [0.2, 0.25) is 0 Å². The number of fused-ring (bicyclic) bond motifs is 1. The van der Waals surface area contributed by atoms with Crippen LogP contribution in [0, 0.1) is 0 Å². The van der Waals surface area contributed by atoms with Crippen LogP contribution in [0.2, 0.25) is 0 Å². The predicted octanol–water partition coefficient (Wildman–Crippen LogP) is 2.16. The van der Waals surface area contributed by atoms with Crippen molar-refractivity contribution in [1.29, 1.82) is 0 Å². The van der Waals surface area contributed by atoms with Crippen LogP contribution in [0.15, 0.2) is 36.8 Å². The molecule has 4 rings (SSSR count). The molecule has 27 heavy (non-hydrogen) atoms.